The Balaban J connectivity index is -0.000000113. The van der Waals surface area contributed by atoms with E-state index in [1.807, 2.05) is 173 Å². The van der Waals surface area contributed by atoms with Crippen molar-refractivity contribution in [3.8, 4) is 0 Å². The highest BCUT2D eigenvalue weighted by Gasteiger charge is 2.04. The fourth-order valence-electron chi connectivity index (χ4n) is 5.01. The monoisotopic (exact) mass is 1310 g/mol. The molecule has 9 heterocycles. The summed E-state index contributed by atoms with van der Waals surface area (Å²) in [5.74, 6) is 6.06. The van der Waals surface area contributed by atoms with Crippen molar-refractivity contribution in [1.82, 2.24) is 49.0 Å². The molecule has 0 bridgehead atoms. The van der Waals surface area contributed by atoms with Crippen LogP contribution in [0.3, 0.4) is 0 Å². The lowest BCUT2D eigenvalue weighted by Crippen LogP contribution is -1.90. The van der Waals surface area contributed by atoms with Crippen LogP contribution in [-0.4, -0.2) is 61.7 Å². The number of rotatable bonds is 9. The highest BCUT2D eigenvalue weighted by molar-refractivity contribution is 7.05. The Morgan fingerprint density at radius 2 is 0.944 bits per heavy atom. The second-order valence-corrected chi connectivity index (χ2v) is 21.4. The van der Waals surface area contributed by atoms with Crippen molar-refractivity contribution in [3.63, 3.8) is 0 Å². The van der Waals surface area contributed by atoms with E-state index in [1.54, 1.807) is 48.8 Å². The van der Waals surface area contributed by atoms with E-state index in [1.165, 1.54) is 56.2 Å². The lowest BCUT2D eigenvalue weighted by molar-refractivity contribution is 0.371. The summed E-state index contributed by atoms with van der Waals surface area (Å²) >= 11 is 4.62. The second-order valence-electron chi connectivity index (χ2n) is 19.2. The van der Waals surface area contributed by atoms with E-state index in [9.17, 15) is 0 Å². The van der Waals surface area contributed by atoms with E-state index in [-0.39, 0.29) is 0 Å². The zero-order chi connectivity index (χ0) is 71.8. The third-order valence-corrected chi connectivity index (χ3v) is 12.2. The summed E-state index contributed by atoms with van der Waals surface area (Å²) in [6.45, 7) is 75.3. The van der Waals surface area contributed by atoms with Crippen LogP contribution in [0.2, 0.25) is 0 Å². The van der Waals surface area contributed by atoms with Gasteiger partial charge in [0.05, 0.1) is 30.3 Å². The Morgan fingerprint density at radius 3 is 1.12 bits per heavy atom. The molecular formula is C73H139N11O3S3. The summed E-state index contributed by atoms with van der Waals surface area (Å²) in [7, 11) is 0. The van der Waals surface area contributed by atoms with E-state index in [0.717, 1.165) is 23.6 Å². The number of allylic oxidation sites excluding steroid dienone is 1. The van der Waals surface area contributed by atoms with Gasteiger partial charge in [0.25, 0.3) is 0 Å². The van der Waals surface area contributed by atoms with Crippen molar-refractivity contribution in [1.29, 1.82) is 0 Å². The zero-order valence-electron chi connectivity index (χ0n) is 64.3. The van der Waals surface area contributed by atoms with Crippen LogP contribution in [0.1, 0.15) is 341 Å². The van der Waals surface area contributed by atoms with Gasteiger partial charge in [-0.2, -0.15) is 14.6 Å². The van der Waals surface area contributed by atoms with E-state index in [4.69, 9.17) is 4.52 Å². The van der Waals surface area contributed by atoms with Crippen molar-refractivity contribution in [2.24, 2.45) is 10.9 Å². The number of aromatic nitrogens is 10. The molecule has 1 aliphatic rings. The molecule has 1 aliphatic heterocycles. The van der Waals surface area contributed by atoms with Crippen molar-refractivity contribution >= 4 is 40.8 Å². The molecule has 2 N–H and O–H groups in total. The molecule has 90 heavy (non-hydrogen) atoms. The molecule has 0 spiro atoms. The Hall–Kier alpha value is -5.65. The molecule has 9 rings (SSSR count). The third-order valence-electron chi connectivity index (χ3n) is 10.0. The van der Waals surface area contributed by atoms with Gasteiger partial charge in [0.2, 0.25) is 0 Å². The minimum atomic E-state index is 0.456. The molecule has 0 aliphatic carbocycles. The zero-order valence-corrected chi connectivity index (χ0v) is 66.7. The van der Waals surface area contributed by atoms with Gasteiger partial charge in [-0.05, 0) is 117 Å². The van der Waals surface area contributed by atoms with Crippen LogP contribution in [0.25, 0.3) is 0 Å². The molecule has 0 fully saturated rings. The van der Waals surface area contributed by atoms with E-state index in [2.05, 4.69) is 211 Å². The Bertz CT molecular complexity index is 1910. The van der Waals surface area contributed by atoms with Gasteiger partial charge >= 0.3 is 0 Å². The van der Waals surface area contributed by atoms with Crippen LogP contribution in [0.4, 0.5) is 0 Å². The molecule has 0 atom stereocenters. The smallest absolute Gasteiger partial charge is 0.139 e. The van der Waals surface area contributed by atoms with Gasteiger partial charge in [-0.1, -0.05) is 271 Å². The first-order valence-electron chi connectivity index (χ1n) is 33.8. The average Bonchev–Trinajstić information content (AvgIpc) is 4.50. The van der Waals surface area contributed by atoms with Crippen LogP contribution < -0.4 is 0 Å². The van der Waals surface area contributed by atoms with Gasteiger partial charge in [-0.15, -0.1) is 0 Å². The Morgan fingerprint density at radius 1 is 0.433 bits per heavy atom. The first-order valence-corrected chi connectivity index (χ1v) is 36.3. The molecule has 14 nitrogen and oxygen atoms in total. The molecule has 0 unspecified atom stereocenters. The largest absolute Gasteiger partial charge is 0.365 e. The number of nitrogens with zero attached hydrogens (tertiary/aromatic N) is 9. The van der Waals surface area contributed by atoms with E-state index < -0.39 is 0 Å². The molecule has 17 heteroatoms. The quantitative estimate of drug-likeness (QED) is 0.140. The maximum atomic E-state index is 4.84. The van der Waals surface area contributed by atoms with Crippen molar-refractivity contribution < 1.29 is 13.6 Å². The molecule has 0 aromatic carbocycles. The number of nitrogens with one attached hydrogen (secondary N) is 2. The molecular weight excluding hydrogens is 1180 g/mol. The normalized spacial score (nSPS) is 9.54. The summed E-state index contributed by atoms with van der Waals surface area (Å²) in [6.07, 6.45) is 18.1. The first-order chi connectivity index (χ1) is 43.2. The van der Waals surface area contributed by atoms with Crippen molar-refractivity contribution in [2.75, 3.05) is 6.54 Å². The first kappa shape index (κ1) is 103. The minimum absolute atomic E-state index is 0.456. The van der Waals surface area contributed by atoms with Gasteiger partial charge in [0.1, 0.15) is 18.3 Å². The number of H-pyrrole nitrogens is 2. The number of hydrogen-bond acceptors (Lipinski definition) is 15. The predicted molar refractivity (Wildman–Crippen MR) is 404 cm³/mol. The van der Waals surface area contributed by atoms with Gasteiger partial charge in [0.15, 0.2) is 0 Å². The molecule has 8 aromatic rings. The second kappa shape index (κ2) is 79.4. The Labute approximate surface area is 567 Å². The standard InChI is InChI=1S/C7H11N.2C6H10N2.3C6H9NO.3C6H9NS.9C2H6/c1-6(2)7-3-4-8-5-7;2*1-5(2)6-3-4-7-8-6;1-5(2)6-3-7-8-4-6;1-5(2)6-3-4-8-7-6;1-5(2)6-3-4-7-8-6;1-5(2)6-3-7-8-4-6;1-5(2)6-3-4-8-7-6;1-5(2)6-3-4-7-8-6;9*1-2/h3,5-6H,4H2,1-2H3;2*3-5H,1-2H3,(H,7,8);6*3-5H,1-2H3;9*1-2H3. The van der Waals surface area contributed by atoms with E-state index in [0.29, 0.717) is 53.3 Å². The topological polar surface area (TPSA) is 186 Å². The predicted octanol–water partition coefficient (Wildman–Crippen LogP) is 26.1. The molecule has 522 valence electrons. The van der Waals surface area contributed by atoms with Crippen LogP contribution in [0, 0.1) is 5.92 Å². The summed E-state index contributed by atoms with van der Waals surface area (Å²) < 4.78 is 26.2. The maximum Gasteiger partial charge on any atom is 0.139 e. The van der Waals surface area contributed by atoms with Gasteiger partial charge in [0, 0.05) is 81.6 Å². The van der Waals surface area contributed by atoms with Crippen LogP contribution >= 0.6 is 34.6 Å². The highest BCUT2D eigenvalue weighted by atomic mass is 32.1. The maximum absolute atomic E-state index is 4.84. The SMILES string of the molecule is CC.CC.CC.CC.CC.CC.CC.CC.CC.CC(C)C1=CCN=C1.CC(C)c1ccn[nH]1.CC(C)c1ccn[nH]1.CC(C)c1ccno1.CC(C)c1ccns1.CC(C)c1ccon1.CC(C)c1ccsn1.CC(C)c1cnoc1.CC(C)c1cnsc1. The van der Waals surface area contributed by atoms with Crippen LogP contribution in [0.15, 0.2) is 127 Å². The number of aromatic amines is 2. The minimum Gasteiger partial charge on any atom is -0.365 e. The van der Waals surface area contributed by atoms with Crippen LogP contribution in [0.5, 0.6) is 0 Å². The van der Waals surface area contributed by atoms with E-state index >= 15 is 0 Å². The Kier molecular flexibility index (Phi) is 91.1. The highest BCUT2D eigenvalue weighted by Crippen LogP contribution is 2.18. The van der Waals surface area contributed by atoms with Gasteiger partial charge in [-0.3, -0.25) is 15.2 Å². The molecule has 8 aromatic heterocycles. The number of aliphatic imine (C=N–C) groups is 1. The molecule has 0 radical (unpaired) electrons. The van der Waals surface area contributed by atoms with Crippen LogP contribution in [-0.2, 0) is 0 Å². The van der Waals surface area contributed by atoms with Crippen molar-refractivity contribution in [3.05, 3.63) is 153 Å². The lowest BCUT2D eigenvalue weighted by atomic mass is 10.1. The lowest BCUT2D eigenvalue weighted by Gasteiger charge is -1.98. The fraction of sp³-hybridized carbons (Fsp3) is 0.630. The molecule has 0 amide bonds. The number of hydrogen-bond donors (Lipinski definition) is 2. The van der Waals surface area contributed by atoms with Gasteiger partial charge in [-0.25, -0.2) is 8.75 Å². The average molecular weight is 1320 g/mol. The molecule has 0 saturated heterocycles. The summed E-state index contributed by atoms with van der Waals surface area (Å²) in [5.41, 5.74) is 8.50. The third kappa shape index (κ3) is 62.5. The van der Waals surface area contributed by atoms with Gasteiger partial charge < -0.3 is 13.6 Å². The summed E-state index contributed by atoms with van der Waals surface area (Å²) in [5, 5.41) is 28.4. The van der Waals surface area contributed by atoms with Crippen molar-refractivity contribution in [2.45, 2.75) is 297 Å². The summed E-state index contributed by atoms with van der Waals surface area (Å²) in [4.78, 5) is 5.43. The fourth-order valence-corrected chi connectivity index (χ4v) is 6.94. The molecule has 0 saturated carbocycles. The summed E-state index contributed by atoms with van der Waals surface area (Å²) in [6, 6.07) is 11.9.